The molecular formula is C16H26N2O3. The maximum atomic E-state index is 12.2. The van der Waals surface area contributed by atoms with Crippen LogP contribution < -0.4 is 5.32 Å². The maximum Gasteiger partial charge on any atom is 0.346 e. The molecule has 1 aliphatic carbocycles. The Morgan fingerprint density at radius 3 is 2.29 bits per heavy atom. The second-order valence-electron chi connectivity index (χ2n) is 5.83. The second kappa shape index (κ2) is 8.66. The van der Waals surface area contributed by atoms with Crippen molar-refractivity contribution in [3.05, 3.63) is 0 Å². The first-order valence-electron chi connectivity index (χ1n) is 7.91. The van der Waals surface area contributed by atoms with E-state index in [1.165, 1.54) is 26.2 Å². The van der Waals surface area contributed by atoms with E-state index in [0.717, 1.165) is 25.7 Å². The lowest BCUT2D eigenvalue weighted by Crippen LogP contribution is -2.55. The third kappa shape index (κ3) is 5.37. The third-order valence-electron chi connectivity index (χ3n) is 4.02. The van der Waals surface area contributed by atoms with Crippen LogP contribution in [-0.2, 0) is 14.3 Å². The summed E-state index contributed by atoms with van der Waals surface area (Å²) < 4.78 is 5.02. The maximum absolute atomic E-state index is 12.2. The van der Waals surface area contributed by atoms with Gasteiger partial charge in [0.25, 0.3) is 0 Å². The Hall–Kier alpha value is -1.57. The van der Waals surface area contributed by atoms with Gasteiger partial charge in [0.15, 0.2) is 0 Å². The van der Waals surface area contributed by atoms with E-state index in [1.54, 1.807) is 6.92 Å². The van der Waals surface area contributed by atoms with Gasteiger partial charge in [-0.1, -0.05) is 44.9 Å². The summed E-state index contributed by atoms with van der Waals surface area (Å²) in [4.78, 5) is 23.6. The second-order valence-corrected chi connectivity index (χ2v) is 5.83. The Morgan fingerprint density at radius 2 is 1.81 bits per heavy atom. The van der Waals surface area contributed by atoms with Gasteiger partial charge in [0, 0.05) is 6.92 Å². The van der Waals surface area contributed by atoms with Gasteiger partial charge in [-0.05, 0) is 19.3 Å². The van der Waals surface area contributed by atoms with Crippen molar-refractivity contribution in [2.24, 2.45) is 5.92 Å². The Labute approximate surface area is 127 Å². The number of rotatable bonds is 5. The number of esters is 1. The lowest BCUT2D eigenvalue weighted by atomic mass is 9.81. The number of ether oxygens (including phenoxy) is 1. The van der Waals surface area contributed by atoms with E-state index in [2.05, 4.69) is 5.32 Å². The number of nitriles is 1. The molecule has 1 amide bonds. The van der Waals surface area contributed by atoms with Crippen LogP contribution in [0.5, 0.6) is 0 Å². The molecule has 1 saturated carbocycles. The average Bonchev–Trinajstić information content (AvgIpc) is 2.40. The minimum absolute atomic E-state index is 0.201. The van der Waals surface area contributed by atoms with E-state index in [-0.39, 0.29) is 18.4 Å². The molecule has 0 aromatic rings. The van der Waals surface area contributed by atoms with Gasteiger partial charge in [-0.15, -0.1) is 0 Å². The fraction of sp³-hybridized carbons (Fsp3) is 0.812. The summed E-state index contributed by atoms with van der Waals surface area (Å²) in [6.07, 6.45) is 8.27. The first-order chi connectivity index (χ1) is 10.0. The highest BCUT2D eigenvalue weighted by atomic mass is 16.5. The largest absolute Gasteiger partial charge is 0.463 e. The zero-order valence-corrected chi connectivity index (χ0v) is 13.1. The Bertz CT molecular complexity index is 395. The molecule has 1 fully saturated rings. The van der Waals surface area contributed by atoms with Crippen molar-refractivity contribution in [2.45, 2.75) is 70.8 Å². The third-order valence-corrected chi connectivity index (χ3v) is 4.02. The summed E-state index contributed by atoms with van der Waals surface area (Å²) >= 11 is 0. The van der Waals surface area contributed by atoms with Crippen LogP contribution >= 0.6 is 0 Å². The van der Waals surface area contributed by atoms with Crippen molar-refractivity contribution >= 4 is 11.9 Å². The van der Waals surface area contributed by atoms with Crippen LogP contribution in [0.15, 0.2) is 0 Å². The van der Waals surface area contributed by atoms with Crippen LogP contribution in [-0.4, -0.2) is 24.0 Å². The molecule has 0 bridgehead atoms. The molecule has 1 N–H and O–H groups in total. The van der Waals surface area contributed by atoms with E-state index in [4.69, 9.17) is 4.74 Å². The lowest BCUT2D eigenvalue weighted by molar-refractivity contribution is -0.151. The van der Waals surface area contributed by atoms with Gasteiger partial charge >= 0.3 is 5.97 Å². The summed E-state index contributed by atoms with van der Waals surface area (Å²) in [6, 6.07) is 2.01. The molecule has 0 aliphatic heterocycles. The zero-order chi connectivity index (χ0) is 15.7. The minimum atomic E-state index is -1.54. The molecule has 0 aromatic heterocycles. The molecule has 0 heterocycles. The summed E-state index contributed by atoms with van der Waals surface area (Å²) in [5, 5.41) is 12.0. The molecule has 1 aliphatic rings. The number of nitrogens with zero attached hydrogens (tertiary/aromatic N) is 1. The molecule has 1 unspecified atom stereocenters. The van der Waals surface area contributed by atoms with Crippen molar-refractivity contribution in [1.29, 1.82) is 5.26 Å². The van der Waals surface area contributed by atoms with Crippen molar-refractivity contribution in [3.8, 4) is 6.07 Å². The lowest BCUT2D eigenvalue weighted by Gasteiger charge is -2.30. The number of nitrogens with one attached hydrogen (secondary N) is 1. The molecule has 0 radical (unpaired) electrons. The first kappa shape index (κ1) is 17.5. The van der Waals surface area contributed by atoms with Crippen LogP contribution in [0.2, 0.25) is 0 Å². The van der Waals surface area contributed by atoms with Gasteiger partial charge < -0.3 is 10.1 Å². The first-order valence-corrected chi connectivity index (χ1v) is 7.91. The van der Waals surface area contributed by atoms with Crippen LogP contribution in [0.3, 0.4) is 0 Å². The monoisotopic (exact) mass is 294 g/mol. The summed E-state index contributed by atoms with van der Waals surface area (Å²) in [5.41, 5.74) is -1.54. The molecule has 1 atom stereocenters. The number of carbonyl (C=O) groups is 2. The molecule has 21 heavy (non-hydrogen) atoms. The summed E-state index contributed by atoms with van der Waals surface area (Å²) in [5.74, 6) is -0.735. The van der Waals surface area contributed by atoms with Crippen LogP contribution in [0.25, 0.3) is 0 Å². The van der Waals surface area contributed by atoms with Gasteiger partial charge in [0.05, 0.1) is 6.61 Å². The smallest absolute Gasteiger partial charge is 0.346 e. The highest BCUT2D eigenvalue weighted by molar-refractivity contribution is 5.90. The molecule has 0 aromatic carbocycles. The van der Waals surface area contributed by atoms with Gasteiger partial charge in [-0.2, -0.15) is 5.26 Å². The number of hydrogen-bond donors (Lipinski definition) is 1. The topological polar surface area (TPSA) is 79.2 Å². The molecule has 5 nitrogen and oxygen atoms in total. The predicted octanol–water partition coefficient (Wildman–Crippen LogP) is 2.70. The summed E-state index contributed by atoms with van der Waals surface area (Å²) in [6.45, 7) is 3.22. The van der Waals surface area contributed by atoms with Crippen LogP contribution in [0, 0.1) is 17.2 Å². The molecule has 5 heteroatoms. The molecule has 118 valence electrons. The normalized spacial score (nSPS) is 19.5. The molecule has 0 spiro atoms. The zero-order valence-electron chi connectivity index (χ0n) is 13.1. The Morgan fingerprint density at radius 1 is 1.24 bits per heavy atom. The quantitative estimate of drug-likeness (QED) is 0.791. The van der Waals surface area contributed by atoms with Crippen molar-refractivity contribution in [2.75, 3.05) is 6.61 Å². The number of amides is 1. The van der Waals surface area contributed by atoms with Crippen molar-refractivity contribution in [1.82, 2.24) is 5.32 Å². The average molecular weight is 294 g/mol. The predicted molar refractivity (Wildman–Crippen MR) is 79.2 cm³/mol. The van der Waals surface area contributed by atoms with E-state index in [0.29, 0.717) is 6.42 Å². The molecule has 1 rings (SSSR count). The SMILES string of the molecule is CCOC(=O)C(C#N)(CC1CCCCCCC1)NC(C)=O. The highest BCUT2D eigenvalue weighted by Crippen LogP contribution is 2.30. The Kier molecular flexibility index (Phi) is 7.21. The van der Waals surface area contributed by atoms with Gasteiger partial charge in [0.1, 0.15) is 6.07 Å². The fourth-order valence-corrected chi connectivity index (χ4v) is 3.04. The van der Waals surface area contributed by atoms with Crippen molar-refractivity contribution in [3.63, 3.8) is 0 Å². The van der Waals surface area contributed by atoms with Crippen LogP contribution in [0.4, 0.5) is 0 Å². The van der Waals surface area contributed by atoms with E-state index in [9.17, 15) is 14.9 Å². The molecule has 0 saturated heterocycles. The Balaban J connectivity index is 2.85. The van der Waals surface area contributed by atoms with Gasteiger partial charge in [0.2, 0.25) is 11.4 Å². The van der Waals surface area contributed by atoms with Gasteiger partial charge in [-0.25, -0.2) is 4.79 Å². The fourth-order valence-electron chi connectivity index (χ4n) is 3.04. The van der Waals surface area contributed by atoms with Crippen LogP contribution in [0.1, 0.15) is 65.2 Å². The van der Waals surface area contributed by atoms with Crippen molar-refractivity contribution < 1.29 is 14.3 Å². The highest BCUT2D eigenvalue weighted by Gasteiger charge is 2.43. The van der Waals surface area contributed by atoms with E-state index in [1.807, 2.05) is 6.07 Å². The number of carbonyl (C=O) groups excluding carboxylic acids is 2. The van der Waals surface area contributed by atoms with E-state index < -0.39 is 11.5 Å². The standard InChI is InChI=1S/C16H26N2O3/c1-3-21-15(20)16(12-17,18-13(2)19)11-14-9-7-5-4-6-8-10-14/h14H,3-11H2,1-2H3,(H,18,19). The number of hydrogen-bond acceptors (Lipinski definition) is 4. The van der Waals surface area contributed by atoms with Gasteiger partial charge in [-0.3, -0.25) is 4.79 Å². The molecular weight excluding hydrogens is 268 g/mol. The minimum Gasteiger partial charge on any atom is -0.463 e. The summed E-state index contributed by atoms with van der Waals surface area (Å²) in [7, 11) is 0. The van der Waals surface area contributed by atoms with E-state index >= 15 is 0 Å².